The van der Waals surface area contributed by atoms with Gasteiger partial charge in [-0.25, -0.2) is 4.79 Å². The molecular weight excluding hydrogens is 258 g/mol. The molecule has 0 aliphatic heterocycles. The Morgan fingerprint density at radius 3 is 2.27 bits per heavy atom. The van der Waals surface area contributed by atoms with Gasteiger partial charge in [-0.3, -0.25) is 0 Å². The molecule has 1 aromatic carbocycles. The smallest absolute Gasteiger partial charge is 0.357 e. The normalized spacial score (nSPS) is 10.4. The van der Waals surface area contributed by atoms with Crippen LogP contribution in [0.4, 0.5) is 0 Å². The number of nitrogens with zero attached hydrogens (tertiary/aromatic N) is 1. The van der Waals surface area contributed by atoms with E-state index in [9.17, 15) is 4.79 Å². The van der Waals surface area contributed by atoms with Gasteiger partial charge in [0, 0.05) is 17.6 Å². The first-order chi connectivity index (χ1) is 7.17. The van der Waals surface area contributed by atoms with Crippen molar-refractivity contribution in [2.45, 2.75) is 13.8 Å². The topological polar surface area (TPSA) is 29.5 Å². The maximum atomic E-state index is 11.6. The monoisotopic (exact) mass is 271 g/mol. The second-order valence-corrected chi connectivity index (χ2v) is 3.92. The van der Waals surface area contributed by atoms with Crippen molar-refractivity contribution in [1.82, 2.24) is 5.06 Å². The lowest BCUT2D eigenvalue weighted by Crippen LogP contribution is -2.26. The van der Waals surface area contributed by atoms with Crippen LogP contribution in [0.3, 0.4) is 0 Å². The molecule has 0 atom stereocenters. The summed E-state index contributed by atoms with van der Waals surface area (Å²) in [4.78, 5) is 16.8. The predicted octanol–water partition coefficient (Wildman–Crippen LogP) is 2.86. The third kappa shape index (κ3) is 3.64. The Balaban J connectivity index is 2.64. The highest BCUT2D eigenvalue weighted by molar-refractivity contribution is 9.10. The van der Waals surface area contributed by atoms with Crippen LogP contribution >= 0.6 is 15.9 Å². The number of hydrogen-bond acceptors (Lipinski definition) is 3. The lowest BCUT2D eigenvalue weighted by Gasteiger charge is -2.16. The summed E-state index contributed by atoms with van der Waals surface area (Å²) in [6.45, 7) is 5.27. The van der Waals surface area contributed by atoms with Crippen molar-refractivity contribution in [2.75, 3.05) is 13.1 Å². The van der Waals surface area contributed by atoms with Crippen LogP contribution < -0.4 is 0 Å². The minimum absolute atomic E-state index is 0.314. The maximum absolute atomic E-state index is 11.6. The van der Waals surface area contributed by atoms with Crippen LogP contribution in [0.25, 0.3) is 0 Å². The summed E-state index contributed by atoms with van der Waals surface area (Å²) in [6, 6.07) is 7.10. The van der Waals surface area contributed by atoms with Crippen LogP contribution in [0, 0.1) is 0 Å². The second-order valence-electron chi connectivity index (χ2n) is 3.00. The number of carbonyl (C=O) groups is 1. The first-order valence-electron chi connectivity index (χ1n) is 4.90. The lowest BCUT2D eigenvalue weighted by molar-refractivity contribution is -0.103. The highest BCUT2D eigenvalue weighted by Gasteiger charge is 2.10. The number of benzene rings is 1. The molecule has 0 saturated heterocycles. The summed E-state index contributed by atoms with van der Waals surface area (Å²) >= 11 is 3.31. The van der Waals surface area contributed by atoms with Crippen molar-refractivity contribution in [1.29, 1.82) is 0 Å². The standard InChI is InChI=1S/C11H14BrNO2/c1-3-13(4-2)15-11(14)9-5-7-10(12)8-6-9/h5-8H,3-4H2,1-2H3. The second kappa shape index (κ2) is 5.88. The van der Waals surface area contributed by atoms with Gasteiger partial charge in [0.05, 0.1) is 5.56 Å². The molecule has 1 aromatic rings. The van der Waals surface area contributed by atoms with E-state index in [1.54, 1.807) is 17.2 Å². The average Bonchev–Trinajstić information content (AvgIpc) is 2.26. The van der Waals surface area contributed by atoms with E-state index in [4.69, 9.17) is 4.84 Å². The molecule has 0 radical (unpaired) electrons. The van der Waals surface area contributed by atoms with Gasteiger partial charge in [-0.1, -0.05) is 15.9 Å². The highest BCUT2D eigenvalue weighted by Crippen LogP contribution is 2.11. The fourth-order valence-electron chi connectivity index (χ4n) is 1.11. The van der Waals surface area contributed by atoms with Crippen LogP contribution in [0.5, 0.6) is 0 Å². The molecule has 0 aromatic heterocycles. The van der Waals surface area contributed by atoms with Gasteiger partial charge < -0.3 is 4.84 Å². The molecule has 0 unspecified atom stereocenters. The third-order valence-electron chi connectivity index (χ3n) is 2.00. The van der Waals surface area contributed by atoms with Crippen LogP contribution in [0.1, 0.15) is 24.2 Å². The summed E-state index contributed by atoms with van der Waals surface area (Å²) in [7, 11) is 0. The molecule has 3 nitrogen and oxygen atoms in total. The largest absolute Gasteiger partial charge is 0.364 e. The van der Waals surface area contributed by atoms with Crippen LogP contribution in [-0.2, 0) is 4.84 Å². The van der Waals surface area contributed by atoms with E-state index in [1.165, 1.54) is 0 Å². The molecule has 0 aliphatic rings. The zero-order valence-corrected chi connectivity index (χ0v) is 10.5. The van der Waals surface area contributed by atoms with Gasteiger partial charge >= 0.3 is 5.97 Å². The molecule has 4 heteroatoms. The number of halogens is 1. The Labute approximate surface area is 98.1 Å². The quantitative estimate of drug-likeness (QED) is 0.789. The van der Waals surface area contributed by atoms with Crippen molar-refractivity contribution < 1.29 is 9.63 Å². The van der Waals surface area contributed by atoms with Crippen LogP contribution in [-0.4, -0.2) is 24.1 Å². The van der Waals surface area contributed by atoms with Gasteiger partial charge in [0.25, 0.3) is 0 Å². The molecule has 1 rings (SSSR count). The maximum Gasteiger partial charge on any atom is 0.357 e. The highest BCUT2D eigenvalue weighted by atomic mass is 79.9. The molecule has 0 bridgehead atoms. The van der Waals surface area contributed by atoms with Crippen molar-refractivity contribution in [3.05, 3.63) is 34.3 Å². The zero-order chi connectivity index (χ0) is 11.3. The van der Waals surface area contributed by atoms with E-state index in [2.05, 4.69) is 15.9 Å². The number of carbonyl (C=O) groups excluding carboxylic acids is 1. The minimum atomic E-state index is -0.314. The summed E-state index contributed by atoms with van der Waals surface area (Å²) in [6.07, 6.45) is 0. The van der Waals surface area contributed by atoms with Crippen molar-refractivity contribution in [2.24, 2.45) is 0 Å². The number of hydroxylamine groups is 2. The Kier molecular flexibility index (Phi) is 4.78. The number of hydrogen-bond donors (Lipinski definition) is 0. The van der Waals surface area contributed by atoms with Gasteiger partial charge in [-0.2, -0.15) is 0 Å². The zero-order valence-electron chi connectivity index (χ0n) is 8.87. The molecular formula is C11H14BrNO2. The van der Waals surface area contributed by atoms with Crippen molar-refractivity contribution in [3.63, 3.8) is 0 Å². The Hall–Kier alpha value is -0.870. The Bertz CT molecular complexity index is 320. The van der Waals surface area contributed by atoms with Crippen LogP contribution in [0.15, 0.2) is 28.7 Å². The van der Waals surface area contributed by atoms with Gasteiger partial charge in [0.2, 0.25) is 0 Å². The molecule has 82 valence electrons. The summed E-state index contributed by atoms with van der Waals surface area (Å²) < 4.78 is 0.946. The summed E-state index contributed by atoms with van der Waals surface area (Å²) in [5.41, 5.74) is 0.560. The van der Waals surface area contributed by atoms with E-state index in [-0.39, 0.29) is 5.97 Å². The number of rotatable bonds is 4. The Morgan fingerprint density at radius 1 is 1.27 bits per heavy atom. The van der Waals surface area contributed by atoms with Gasteiger partial charge in [0.15, 0.2) is 0 Å². The molecule has 0 N–H and O–H groups in total. The van der Waals surface area contributed by atoms with Crippen molar-refractivity contribution >= 4 is 21.9 Å². The predicted molar refractivity (Wildman–Crippen MR) is 62.5 cm³/mol. The molecule has 15 heavy (non-hydrogen) atoms. The van der Waals surface area contributed by atoms with E-state index in [1.807, 2.05) is 26.0 Å². The average molecular weight is 272 g/mol. The summed E-state index contributed by atoms with van der Waals surface area (Å²) in [5, 5.41) is 1.62. The summed E-state index contributed by atoms with van der Waals surface area (Å²) in [5.74, 6) is -0.314. The minimum Gasteiger partial charge on any atom is -0.364 e. The SMILES string of the molecule is CCN(CC)OC(=O)c1ccc(Br)cc1. The van der Waals surface area contributed by atoms with Crippen molar-refractivity contribution in [3.8, 4) is 0 Å². The fourth-order valence-corrected chi connectivity index (χ4v) is 1.37. The van der Waals surface area contributed by atoms with Crippen LogP contribution in [0.2, 0.25) is 0 Å². The first-order valence-corrected chi connectivity index (χ1v) is 5.69. The molecule has 0 heterocycles. The van der Waals surface area contributed by atoms with E-state index >= 15 is 0 Å². The molecule has 0 fully saturated rings. The van der Waals surface area contributed by atoms with Gasteiger partial charge in [-0.05, 0) is 38.1 Å². The Morgan fingerprint density at radius 2 is 1.80 bits per heavy atom. The molecule has 0 spiro atoms. The van der Waals surface area contributed by atoms with E-state index in [0.717, 1.165) is 4.47 Å². The van der Waals surface area contributed by atoms with E-state index in [0.29, 0.717) is 18.7 Å². The molecule has 0 saturated carbocycles. The first kappa shape index (κ1) is 12.2. The molecule has 0 amide bonds. The fraction of sp³-hybridized carbons (Fsp3) is 0.364. The third-order valence-corrected chi connectivity index (χ3v) is 2.53. The van der Waals surface area contributed by atoms with Gasteiger partial charge in [0.1, 0.15) is 0 Å². The van der Waals surface area contributed by atoms with Gasteiger partial charge in [-0.15, -0.1) is 5.06 Å². The lowest BCUT2D eigenvalue weighted by atomic mass is 10.2. The van der Waals surface area contributed by atoms with E-state index < -0.39 is 0 Å². The molecule has 0 aliphatic carbocycles.